The van der Waals surface area contributed by atoms with Crippen molar-refractivity contribution >= 4 is 23.2 Å². The van der Waals surface area contributed by atoms with Gasteiger partial charge >= 0.3 is 0 Å². The largest absolute Gasteiger partial charge is 0.489 e. The van der Waals surface area contributed by atoms with Crippen molar-refractivity contribution in [1.29, 1.82) is 0 Å². The molecule has 0 radical (unpaired) electrons. The molecule has 2 nitrogen and oxygen atoms in total. The van der Waals surface area contributed by atoms with Crippen LogP contribution in [0.2, 0.25) is 10.0 Å². The van der Waals surface area contributed by atoms with Gasteiger partial charge in [-0.1, -0.05) is 47.5 Å². The Hall–Kier alpha value is -1.22. The van der Waals surface area contributed by atoms with E-state index in [9.17, 15) is 0 Å². The van der Waals surface area contributed by atoms with Gasteiger partial charge in [0.05, 0.1) is 5.02 Å². The lowest BCUT2D eigenvalue weighted by molar-refractivity contribution is 0.167. The van der Waals surface area contributed by atoms with Crippen LogP contribution in [0, 0.1) is 0 Å². The average molecular weight is 322 g/mol. The van der Waals surface area contributed by atoms with Crippen molar-refractivity contribution in [2.45, 2.75) is 25.4 Å². The van der Waals surface area contributed by atoms with E-state index in [1.54, 1.807) is 6.07 Å². The first-order valence-electron chi connectivity index (χ1n) is 7.13. The first-order chi connectivity index (χ1) is 10.2. The molecule has 4 heteroatoms. The smallest absolute Gasteiger partial charge is 0.130 e. The lowest BCUT2D eigenvalue weighted by atomic mass is 9.95. The molecule has 1 heterocycles. The fourth-order valence-electron chi connectivity index (χ4n) is 2.77. The molecule has 2 N–H and O–H groups in total. The van der Waals surface area contributed by atoms with E-state index >= 15 is 0 Å². The zero-order chi connectivity index (χ0) is 14.8. The minimum absolute atomic E-state index is 0.190. The maximum Gasteiger partial charge on any atom is 0.130 e. The van der Waals surface area contributed by atoms with Gasteiger partial charge in [0.25, 0.3) is 0 Å². The molecule has 0 saturated carbocycles. The van der Waals surface area contributed by atoms with Gasteiger partial charge in [0.1, 0.15) is 11.9 Å². The first-order valence-corrected chi connectivity index (χ1v) is 7.88. The highest BCUT2D eigenvalue weighted by atomic mass is 35.5. The summed E-state index contributed by atoms with van der Waals surface area (Å²) in [6.07, 6.45) is 3.10. The normalized spacial score (nSPS) is 17.2. The molecule has 0 fully saturated rings. The SMILES string of the molecule is NCC[C@H]1CCc2cccc(-c3ccc(Cl)cc3Cl)c2O1. The summed E-state index contributed by atoms with van der Waals surface area (Å²) in [4.78, 5) is 0. The van der Waals surface area contributed by atoms with Crippen molar-refractivity contribution in [3.05, 3.63) is 52.0 Å². The van der Waals surface area contributed by atoms with Crippen LogP contribution in [0.15, 0.2) is 36.4 Å². The zero-order valence-electron chi connectivity index (χ0n) is 11.6. The third-order valence-electron chi connectivity index (χ3n) is 3.83. The van der Waals surface area contributed by atoms with Crippen LogP contribution >= 0.6 is 23.2 Å². The third-order valence-corrected chi connectivity index (χ3v) is 4.37. The average Bonchev–Trinajstić information content (AvgIpc) is 2.47. The van der Waals surface area contributed by atoms with E-state index < -0.39 is 0 Å². The van der Waals surface area contributed by atoms with Crippen molar-refractivity contribution < 1.29 is 4.74 Å². The molecule has 2 aromatic rings. The van der Waals surface area contributed by atoms with E-state index in [0.717, 1.165) is 36.1 Å². The van der Waals surface area contributed by atoms with Crippen LogP contribution in [0.5, 0.6) is 5.75 Å². The summed E-state index contributed by atoms with van der Waals surface area (Å²) < 4.78 is 6.17. The van der Waals surface area contributed by atoms with E-state index in [4.69, 9.17) is 33.7 Å². The summed E-state index contributed by atoms with van der Waals surface area (Å²) in [7, 11) is 0. The number of fused-ring (bicyclic) bond motifs is 1. The second kappa shape index (κ2) is 6.27. The predicted molar refractivity (Wildman–Crippen MR) is 88.3 cm³/mol. The maximum atomic E-state index is 6.34. The Kier molecular flexibility index (Phi) is 4.39. The molecule has 2 aromatic carbocycles. The molecule has 0 unspecified atom stereocenters. The van der Waals surface area contributed by atoms with Crippen LogP contribution in [0.4, 0.5) is 0 Å². The van der Waals surface area contributed by atoms with E-state index in [2.05, 4.69) is 6.07 Å². The second-order valence-electron chi connectivity index (χ2n) is 5.27. The molecule has 0 spiro atoms. The van der Waals surface area contributed by atoms with Gasteiger partial charge in [0.2, 0.25) is 0 Å². The highest BCUT2D eigenvalue weighted by Crippen LogP contribution is 2.41. The molecule has 1 atom stereocenters. The van der Waals surface area contributed by atoms with Gasteiger partial charge in [-0.2, -0.15) is 0 Å². The summed E-state index contributed by atoms with van der Waals surface area (Å²) in [5.74, 6) is 0.937. The van der Waals surface area contributed by atoms with Gasteiger partial charge in [-0.05, 0) is 43.5 Å². The molecule has 1 aliphatic rings. The van der Waals surface area contributed by atoms with Crippen LogP contribution in [0.25, 0.3) is 11.1 Å². The van der Waals surface area contributed by atoms with Crippen LogP contribution in [0.1, 0.15) is 18.4 Å². The van der Waals surface area contributed by atoms with Gasteiger partial charge in [0.15, 0.2) is 0 Å². The number of hydrogen-bond acceptors (Lipinski definition) is 2. The number of halogens is 2. The maximum absolute atomic E-state index is 6.34. The first kappa shape index (κ1) is 14.7. The molecule has 0 aromatic heterocycles. The minimum atomic E-state index is 0.190. The lowest BCUT2D eigenvalue weighted by Crippen LogP contribution is -2.25. The highest BCUT2D eigenvalue weighted by molar-refractivity contribution is 6.36. The number of rotatable bonds is 3. The van der Waals surface area contributed by atoms with E-state index in [1.807, 2.05) is 24.3 Å². The van der Waals surface area contributed by atoms with Crippen LogP contribution in [0.3, 0.4) is 0 Å². The van der Waals surface area contributed by atoms with Gasteiger partial charge in [-0.15, -0.1) is 0 Å². The molecular weight excluding hydrogens is 305 g/mol. The quantitative estimate of drug-likeness (QED) is 0.889. The summed E-state index contributed by atoms with van der Waals surface area (Å²) in [6, 6.07) is 11.8. The van der Waals surface area contributed by atoms with E-state index in [1.165, 1.54) is 5.56 Å². The second-order valence-corrected chi connectivity index (χ2v) is 6.12. The fraction of sp³-hybridized carbons (Fsp3) is 0.294. The van der Waals surface area contributed by atoms with Gasteiger partial charge < -0.3 is 10.5 Å². The number of benzene rings is 2. The van der Waals surface area contributed by atoms with Crippen molar-refractivity contribution in [3.63, 3.8) is 0 Å². The zero-order valence-corrected chi connectivity index (χ0v) is 13.1. The minimum Gasteiger partial charge on any atom is -0.489 e. The topological polar surface area (TPSA) is 35.2 Å². The molecule has 21 heavy (non-hydrogen) atoms. The van der Waals surface area contributed by atoms with Gasteiger partial charge in [-0.3, -0.25) is 0 Å². The van der Waals surface area contributed by atoms with Crippen LogP contribution in [-0.2, 0) is 6.42 Å². The summed E-state index contributed by atoms with van der Waals surface area (Å²) in [5, 5.41) is 1.27. The Morgan fingerprint density at radius 3 is 2.76 bits per heavy atom. The van der Waals surface area contributed by atoms with Crippen molar-refractivity contribution in [2.24, 2.45) is 5.73 Å². The standard InChI is InChI=1S/C17H17Cl2NO/c18-12-5-7-14(16(19)10-12)15-3-1-2-11-4-6-13(8-9-20)21-17(11)15/h1-3,5,7,10,13H,4,6,8-9,20H2/t13-/m1/s1. The monoisotopic (exact) mass is 321 g/mol. The molecule has 0 saturated heterocycles. The highest BCUT2D eigenvalue weighted by Gasteiger charge is 2.22. The fourth-order valence-corrected chi connectivity index (χ4v) is 3.28. The third kappa shape index (κ3) is 3.03. The molecular formula is C17H17Cl2NO. The Morgan fingerprint density at radius 1 is 1.14 bits per heavy atom. The van der Waals surface area contributed by atoms with Crippen LogP contribution in [-0.4, -0.2) is 12.6 Å². The van der Waals surface area contributed by atoms with Crippen molar-refractivity contribution in [3.8, 4) is 16.9 Å². The van der Waals surface area contributed by atoms with Crippen molar-refractivity contribution in [2.75, 3.05) is 6.54 Å². The van der Waals surface area contributed by atoms with E-state index in [0.29, 0.717) is 16.6 Å². The van der Waals surface area contributed by atoms with E-state index in [-0.39, 0.29) is 6.10 Å². The Bertz CT molecular complexity index is 657. The Labute approximate surface area is 134 Å². The lowest BCUT2D eigenvalue weighted by Gasteiger charge is -2.28. The summed E-state index contributed by atoms with van der Waals surface area (Å²) >= 11 is 12.3. The van der Waals surface area contributed by atoms with Gasteiger partial charge in [0, 0.05) is 16.1 Å². The number of ether oxygens (including phenoxy) is 1. The van der Waals surface area contributed by atoms with Crippen molar-refractivity contribution in [1.82, 2.24) is 0 Å². The molecule has 3 rings (SSSR count). The molecule has 0 bridgehead atoms. The van der Waals surface area contributed by atoms with Crippen LogP contribution < -0.4 is 10.5 Å². The molecule has 0 amide bonds. The number of nitrogens with two attached hydrogens (primary N) is 1. The summed E-state index contributed by atoms with van der Waals surface area (Å²) in [5.41, 5.74) is 8.86. The Balaban J connectivity index is 2.04. The molecule has 1 aliphatic heterocycles. The number of para-hydroxylation sites is 1. The molecule has 110 valence electrons. The van der Waals surface area contributed by atoms with Gasteiger partial charge in [-0.25, -0.2) is 0 Å². The Morgan fingerprint density at radius 2 is 2.00 bits per heavy atom. The number of hydrogen-bond donors (Lipinski definition) is 1. The molecule has 0 aliphatic carbocycles. The predicted octanol–water partition coefficient (Wildman–Crippen LogP) is 4.70. The number of aryl methyl sites for hydroxylation is 1. The summed E-state index contributed by atoms with van der Waals surface area (Å²) in [6.45, 7) is 0.643.